The molecule has 20 heavy (non-hydrogen) atoms. The molecule has 1 aromatic carbocycles. The third-order valence-corrected chi connectivity index (χ3v) is 2.87. The van der Waals surface area contributed by atoms with E-state index in [-0.39, 0.29) is 12.2 Å². The van der Waals surface area contributed by atoms with Crippen molar-refractivity contribution in [3.8, 4) is 0 Å². The van der Waals surface area contributed by atoms with Crippen LogP contribution in [0.1, 0.15) is 37.8 Å². The number of carbonyl (C=O) groups excluding carboxylic acids is 1. The van der Waals surface area contributed by atoms with Crippen molar-refractivity contribution in [3.05, 3.63) is 35.4 Å². The van der Waals surface area contributed by atoms with E-state index in [1.54, 1.807) is 0 Å². The number of nitrogens with one attached hydrogen (secondary N) is 1. The molecule has 1 N–H and O–H groups in total. The van der Waals surface area contributed by atoms with Crippen LogP contribution in [-0.2, 0) is 17.4 Å². The Morgan fingerprint density at radius 1 is 1.20 bits per heavy atom. The Morgan fingerprint density at radius 3 is 2.30 bits per heavy atom. The highest BCUT2D eigenvalue weighted by atomic mass is 19.4. The Bertz CT molecular complexity index is 424. The van der Waals surface area contributed by atoms with Gasteiger partial charge in [-0.3, -0.25) is 4.79 Å². The monoisotopic (exact) mass is 287 g/mol. The first-order valence-electron chi connectivity index (χ1n) is 6.70. The maximum atomic E-state index is 12.4. The molecule has 0 heterocycles. The van der Waals surface area contributed by atoms with E-state index in [1.807, 2.05) is 13.8 Å². The standard InChI is InChI=1S/C15H20F3NO/c1-11(2)19-9-3-4-14(20)10-12-5-7-13(8-6-12)15(16,17)18/h5-8,11,19H,3-4,9-10H2,1-2H3. The number of hydrogen-bond acceptors (Lipinski definition) is 2. The first-order valence-corrected chi connectivity index (χ1v) is 6.70. The summed E-state index contributed by atoms with van der Waals surface area (Å²) >= 11 is 0. The van der Waals surface area contributed by atoms with Crippen molar-refractivity contribution in [1.29, 1.82) is 0 Å². The van der Waals surface area contributed by atoms with Gasteiger partial charge in [0.2, 0.25) is 0 Å². The summed E-state index contributed by atoms with van der Waals surface area (Å²) in [6.07, 6.45) is -2.94. The summed E-state index contributed by atoms with van der Waals surface area (Å²) in [5.74, 6) is 0.0512. The van der Waals surface area contributed by atoms with Crippen molar-refractivity contribution in [2.45, 2.75) is 45.3 Å². The normalized spacial score (nSPS) is 11.9. The summed E-state index contributed by atoms with van der Waals surface area (Å²) in [5.41, 5.74) is -0.0605. The molecule has 0 fully saturated rings. The van der Waals surface area contributed by atoms with Crippen molar-refractivity contribution in [2.24, 2.45) is 0 Å². The minimum atomic E-state index is -4.33. The molecule has 0 atom stereocenters. The molecule has 0 radical (unpaired) electrons. The highest BCUT2D eigenvalue weighted by Gasteiger charge is 2.29. The van der Waals surface area contributed by atoms with Gasteiger partial charge in [0, 0.05) is 18.9 Å². The number of Topliss-reactive ketones (excluding diaryl/α,β-unsaturated/α-hetero) is 1. The number of ketones is 1. The van der Waals surface area contributed by atoms with Crippen molar-refractivity contribution in [2.75, 3.05) is 6.54 Å². The first-order chi connectivity index (χ1) is 9.29. The summed E-state index contributed by atoms with van der Waals surface area (Å²) in [5, 5.41) is 3.21. The summed E-state index contributed by atoms with van der Waals surface area (Å²) in [6, 6.07) is 5.16. The van der Waals surface area contributed by atoms with Crippen LogP contribution >= 0.6 is 0 Å². The molecular weight excluding hydrogens is 267 g/mol. The maximum absolute atomic E-state index is 12.4. The number of rotatable bonds is 7. The molecule has 0 saturated carbocycles. The molecule has 0 saturated heterocycles. The minimum absolute atomic E-state index is 0.0512. The van der Waals surface area contributed by atoms with Crippen LogP contribution in [0.2, 0.25) is 0 Å². The lowest BCUT2D eigenvalue weighted by Crippen LogP contribution is -2.24. The summed E-state index contributed by atoms with van der Waals surface area (Å²) in [6.45, 7) is 4.84. The molecule has 0 unspecified atom stereocenters. The number of alkyl halides is 3. The van der Waals surface area contributed by atoms with Gasteiger partial charge in [0.05, 0.1) is 5.56 Å². The van der Waals surface area contributed by atoms with Gasteiger partial charge in [0.15, 0.2) is 0 Å². The van der Waals surface area contributed by atoms with Crippen molar-refractivity contribution in [1.82, 2.24) is 5.32 Å². The highest BCUT2D eigenvalue weighted by molar-refractivity contribution is 5.80. The van der Waals surface area contributed by atoms with E-state index in [0.717, 1.165) is 25.1 Å². The van der Waals surface area contributed by atoms with Gasteiger partial charge < -0.3 is 5.32 Å². The molecule has 0 spiro atoms. The lowest BCUT2D eigenvalue weighted by molar-refractivity contribution is -0.137. The topological polar surface area (TPSA) is 29.1 Å². The highest BCUT2D eigenvalue weighted by Crippen LogP contribution is 2.29. The molecule has 0 aliphatic carbocycles. The maximum Gasteiger partial charge on any atom is 0.416 e. The van der Waals surface area contributed by atoms with E-state index in [2.05, 4.69) is 5.32 Å². The molecule has 0 aliphatic rings. The fourth-order valence-electron chi connectivity index (χ4n) is 1.80. The number of halogens is 3. The average molecular weight is 287 g/mol. The second-order valence-electron chi connectivity index (χ2n) is 5.12. The Hall–Kier alpha value is -1.36. The van der Waals surface area contributed by atoms with E-state index >= 15 is 0 Å². The van der Waals surface area contributed by atoms with Crippen LogP contribution in [0.15, 0.2) is 24.3 Å². The van der Waals surface area contributed by atoms with Gasteiger partial charge in [-0.1, -0.05) is 26.0 Å². The zero-order valence-electron chi connectivity index (χ0n) is 11.8. The molecule has 0 aromatic heterocycles. The summed E-state index contributed by atoms with van der Waals surface area (Å²) in [7, 11) is 0. The van der Waals surface area contributed by atoms with Crippen LogP contribution in [0.3, 0.4) is 0 Å². The SMILES string of the molecule is CC(C)NCCCC(=O)Cc1ccc(C(F)(F)F)cc1. The van der Waals surface area contributed by atoms with Crippen LogP contribution in [0.4, 0.5) is 13.2 Å². The second-order valence-corrected chi connectivity index (χ2v) is 5.12. The molecule has 0 bridgehead atoms. The molecule has 2 nitrogen and oxygen atoms in total. The smallest absolute Gasteiger partial charge is 0.315 e. The fourth-order valence-corrected chi connectivity index (χ4v) is 1.80. The van der Waals surface area contributed by atoms with E-state index in [4.69, 9.17) is 0 Å². The second kappa shape index (κ2) is 7.43. The van der Waals surface area contributed by atoms with E-state index in [9.17, 15) is 18.0 Å². The lowest BCUT2D eigenvalue weighted by Gasteiger charge is -2.08. The quantitative estimate of drug-likeness (QED) is 0.776. The zero-order chi connectivity index (χ0) is 15.2. The largest absolute Gasteiger partial charge is 0.416 e. The summed E-state index contributed by atoms with van der Waals surface area (Å²) in [4.78, 5) is 11.7. The minimum Gasteiger partial charge on any atom is -0.315 e. The predicted octanol–water partition coefficient (Wildman–Crippen LogP) is 3.60. The first kappa shape index (κ1) is 16.7. The van der Waals surface area contributed by atoms with Crippen LogP contribution in [-0.4, -0.2) is 18.4 Å². The number of hydrogen-bond donors (Lipinski definition) is 1. The third kappa shape index (κ3) is 6.19. The molecule has 112 valence electrons. The molecule has 5 heteroatoms. The van der Waals surface area contributed by atoms with Gasteiger partial charge in [0.1, 0.15) is 5.78 Å². The fraction of sp³-hybridized carbons (Fsp3) is 0.533. The van der Waals surface area contributed by atoms with Gasteiger partial charge >= 0.3 is 6.18 Å². The van der Waals surface area contributed by atoms with Crippen molar-refractivity contribution in [3.63, 3.8) is 0 Å². The summed E-state index contributed by atoms with van der Waals surface area (Å²) < 4.78 is 37.1. The molecule has 0 aliphatic heterocycles. The zero-order valence-corrected chi connectivity index (χ0v) is 11.8. The van der Waals surface area contributed by atoms with E-state index in [0.29, 0.717) is 18.0 Å². The van der Waals surface area contributed by atoms with Gasteiger partial charge in [0.25, 0.3) is 0 Å². The van der Waals surface area contributed by atoms with Crippen LogP contribution in [0, 0.1) is 0 Å². The molecule has 1 rings (SSSR count). The van der Waals surface area contributed by atoms with Crippen LogP contribution in [0.5, 0.6) is 0 Å². The van der Waals surface area contributed by atoms with Crippen molar-refractivity contribution < 1.29 is 18.0 Å². The van der Waals surface area contributed by atoms with Gasteiger partial charge in [-0.05, 0) is 30.7 Å². The Balaban J connectivity index is 2.39. The number of carbonyl (C=O) groups is 1. The molecular formula is C15H20F3NO. The lowest BCUT2D eigenvalue weighted by atomic mass is 10.0. The van der Waals surface area contributed by atoms with E-state index < -0.39 is 11.7 Å². The average Bonchev–Trinajstić information content (AvgIpc) is 2.34. The predicted molar refractivity (Wildman–Crippen MR) is 72.5 cm³/mol. The molecule has 0 amide bonds. The number of benzene rings is 1. The van der Waals surface area contributed by atoms with Gasteiger partial charge in [-0.25, -0.2) is 0 Å². The Morgan fingerprint density at radius 2 is 1.80 bits per heavy atom. The van der Waals surface area contributed by atoms with Crippen LogP contribution in [0.25, 0.3) is 0 Å². The van der Waals surface area contributed by atoms with E-state index in [1.165, 1.54) is 12.1 Å². The Kier molecular flexibility index (Phi) is 6.20. The van der Waals surface area contributed by atoms with Crippen LogP contribution < -0.4 is 5.32 Å². The van der Waals surface area contributed by atoms with Gasteiger partial charge in [-0.15, -0.1) is 0 Å². The van der Waals surface area contributed by atoms with Gasteiger partial charge in [-0.2, -0.15) is 13.2 Å². The molecule has 1 aromatic rings. The Labute approximate surface area is 117 Å². The third-order valence-electron chi connectivity index (χ3n) is 2.87. The van der Waals surface area contributed by atoms with Crippen molar-refractivity contribution >= 4 is 5.78 Å².